The highest BCUT2D eigenvalue weighted by molar-refractivity contribution is 5.87. The summed E-state index contributed by atoms with van der Waals surface area (Å²) in [4.78, 5) is 10.7. The highest BCUT2D eigenvalue weighted by Gasteiger charge is 2.18. The van der Waals surface area contributed by atoms with Crippen molar-refractivity contribution in [2.45, 2.75) is 19.8 Å². The first-order valence-electron chi connectivity index (χ1n) is 7.44. The molecule has 3 aromatic rings. The summed E-state index contributed by atoms with van der Waals surface area (Å²) in [5.74, 6) is 0. The van der Waals surface area contributed by atoms with Gasteiger partial charge in [0.25, 0.3) is 5.69 Å². The lowest BCUT2D eigenvalue weighted by atomic mass is 10.1. The molecule has 0 spiro atoms. The number of nitriles is 1. The van der Waals surface area contributed by atoms with Gasteiger partial charge in [0.2, 0.25) is 0 Å². The van der Waals surface area contributed by atoms with Crippen molar-refractivity contribution in [3.05, 3.63) is 76.0 Å². The molecule has 0 aliphatic rings. The molecule has 0 radical (unpaired) electrons. The van der Waals surface area contributed by atoms with Crippen molar-refractivity contribution < 1.29 is 9.66 Å². The molecule has 3 rings (SSSR count). The Hall–Kier alpha value is -3.17. The Balaban J connectivity index is 1.84. The molecule has 1 aromatic heterocycles. The molecule has 24 heavy (non-hydrogen) atoms. The number of hydrogen-bond acceptors (Lipinski definition) is 4. The normalized spacial score (nSPS) is 10.6. The number of nitrogens with zero attached hydrogens (tertiary/aromatic N) is 3. The minimum atomic E-state index is -0.449. The van der Waals surface area contributed by atoms with Crippen molar-refractivity contribution in [1.29, 1.82) is 5.26 Å². The van der Waals surface area contributed by atoms with Gasteiger partial charge in [0.05, 0.1) is 35.1 Å². The molecule has 0 unspecified atom stereocenters. The number of nitro benzene ring substituents is 1. The van der Waals surface area contributed by atoms with Gasteiger partial charge in [0, 0.05) is 17.6 Å². The smallest absolute Gasteiger partial charge is 0.274 e. The predicted molar refractivity (Wildman–Crippen MR) is 89.1 cm³/mol. The molecule has 0 saturated heterocycles. The van der Waals surface area contributed by atoms with Crippen molar-refractivity contribution in [1.82, 2.24) is 4.57 Å². The van der Waals surface area contributed by atoms with Gasteiger partial charge in [0.15, 0.2) is 0 Å². The summed E-state index contributed by atoms with van der Waals surface area (Å²) in [6.45, 7) is 0.820. The van der Waals surface area contributed by atoms with Gasteiger partial charge < -0.3 is 9.30 Å². The van der Waals surface area contributed by atoms with Crippen molar-refractivity contribution in [3.8, 4) is 6.07 Å². The zero-order valence-electron chi connectivity index (χ0n) is 12.9. The predicted octanol–water partition coefficient (Wildman–Crippen LogP) is 3.79. The van der Waals surface area contributed by atoms with Gasteiger partial charge in [-0.1, -0.05) is 30.3 Å². The quantitative estimate of drug-likeness (QED) is 0.511. The number of rotatable bonds is 6. The van der Waals surface area contributed by atoms with E-state index in [2.05, 4.69) is 0 Å². The SMILES string of the molecule is N#CCc1c([N+](=O)[O-])ccc2c1ccn2COCc1ccccc1. The van der Waals surface area contributed by atoms with Gasteiger partial charge in [-0.15, -0.1) is 0 Å². The topological polar surface area (TPSA) is 81.1 Å². The second-order valence-corrected chi connectivity index (χ2v) is 5.34. The maximum atomic E-state index is 11.1. The van der Waals surface area contributed by atoms with Crippen LogP contribution in [0.1, 0.15) is 11.1 Å². The number of fused-ring (bicyclic) bond motifs is 1. The van der Waals surface area contributed by atoms with Crippen molar-refractivity contribution in [2.24, 2.45) is 0 Å². The maximum absolute atomic E-state index is 11.1. The fourth-order valence-electron chi connectivity index (χ4n) is 2.71. The third kappa shape index (κ3) is 3.12. The average molecular weight is 321 g/mol. The van der Waals surface area contributed by atoms with Crippen LogP contribution in [0.15, 0.2) is 54.7 Å². The fraction of sp³-hybridized carbons (Fsp3) is 0.167. The maximum Gasteiger partial charge on any atom is 0.274 e. The lowest BCUT2D eigenvalue weighted by Crippen LogP contribution is -2.02. The second kappa shape index (κ2) is 6.94. The third-order valence-electron chi connectivity index (χ3n) is 3.83. The first-order valence-corrected chi connectivity index (χ1v) is 7.44. The lowest BCUT2D eigenvalue weighted by molar-refractivity contribution is -0.385. The van der Waals surface area contributed by atoms with Crippen LogP contribution in [0.25, 0.3) is 10.9 Å². The average Bonchev–Trinajstić information content (AvgIpc) is 3.00. The van der Waals surface area contributed by atoms with Gasteiger partial charge in [0.1, 0.15) is 6.73 Å². The minimum absolute atomic E-state index is 0.00252. The largest absolute Gasteiger partial charge is 0.356 e. The van der Waals surface area contributed by atoms with Crippen LogP contribution in [0.2, 0.25) is 0 Å². The Morgan fingerprint density at radius 2 is 1.96 bits per heavy atom. The van der Waals surface area contributed by atoms with E-state index in [0.29, 0.717) is 24.3 Å². The van der Waals surface area contributed by atoms with E-state index in [-0.39, 0.29) is 12.1 Å². The molecule has 2 aromatic carbocycles. The Morgan fingerprint density at radius 3 is 2.67 bits per heavy atom. The molecule has 0 aliphatic heterocycles. The summed E-state index contributed by atoms with van der Waals surface area (Å²) in [7, 11) is 0. The molecule has 1 heterocycles. The molecule has 0 bridgehead atoms. The summed E-state index contributed by atoms with van der Waals surface area (Å²) in [5, 5.41) is 20.8. The Morgan fingerprint density at radius 1 is 1.17 bits per heavy atom. The van der Waals surface area contributed by atoms with E-state index in [9.17, 15) is 10.1 Å². The first-order chi connectivity index (χ1) is 11.7. The summed E-state index contributed by atoms with van der Waals surface area (Å²) < 4.78 is 7.59. The second-order valence-electron chi connectivity index (χ2n) is 5.34. The van der Waals surface area contributed by atoms with E-state index in [4.69, 9.17) is 10.00 Å². The monoisotopic (exact) mass is 321 g/mol. The molecule has 0 amide bonds. The molecule has 6 nitrogen and oxygen atoms in total. The Labute approximate surface area is 138 Å². The van der Waals surface area contributed by atoms with Crippen LogP contribution in [0.3, 0.4) is 0 Å². The van der Waals surface area contributed by atoms with Crippen molar-refractivity contribution >= 4 is 16.6 Å². The van der Waals surface area contributed by atoms with E-state index in [0.717, 1.165) is 11.1 Å². The van der Waals surface area contributed by atoms with Crippen LogP contribution in [0.4, 0.5) is 5.69 Å². The number of aromatic nitrogens is 1. The van der Waals surface area contributed by atoms with Crippen molar-refractivity contribution in [3.63, 3.8) is 0 Å². The van der Waals surface area contributed by atoms with E-state index >= 15 is 0 Å². The third-order valence-corrected chi connectivity index (χ3v) is 3.83. The summed E-state index contributed by atoms with van der Waals surface area (Å²) >= 11 is 0. The summed E-state index contributed by atoms with van der Waals surface area (Å²) in [6.07, 6.45) is 1.82. The first kappa shape index (κ1) is 15.7. The van der Waals surface area contributed by atoms with Crippen molar-refractivity contribution in [2.75, 3.05) is 0 Å². The number of ether oxygens (including phenoxy) is 1. The minimum Gasteiger partial charge on any atom is -0.356 e. The standard InChI is InChI=1S/C18H15N3O3/c19-10-8-15-16-9-11-20(17(16)6-7-18(15)21(22)23)13-24-12-14-4-2-1-3-5-14/h1-7,9,11H,8,12-13H2. The van der Waals surface area contributed by atoms with Crippen LogP contribution in [0.5, 0.6) is 0 Å². The number of nitro groups is 1. The van der Waals surface area contributed by atoms with Crippen LogP contribution >= 0.6 is 0 Å². The van der Waals surface area contributed by atoms with E-state index in [1.54, 1.807) is 12.1 Å². The summed E-state index contributed by atoms with van der Waals surface area (Å²) in [6, 6.07) is 16.8. The molecule has 0 saturated carbocycles. The lowest BCUT2D eigenvalue weighted by Gasteiger charge is -2.08. The molecular weight excluding hydrogens is 306 g/mol. The Kier molecular flexibility index (Phi) is 4.54. The van der Waals surface area contributed by atoms with Crippen LogP contribution in [0, 0.1) is 21.4 Å². The molecule has 6 heteroatoms. The Bertz CT molecular complexity index is 910. The van der Waals surface area contributed by atoms with E-state index < -0.39 is 4.92 Å². The van der Waals surface area contributed by atoms with Gasteiger partial charge in [-0.3, -0.25) is 10.1 Å². The highest BCUT2D eigenvalue weighted by Crippen LogP contribution is 2.29. The van der Waals surface area contributed by atoms with Crippen LogP contribution in [-0.2, 0) is 24.5 Å². The number of benzene rings is 2. The zero-order valence-corrected chi connectivity index (χ0v) is 12.9. The van der Waals surface area contributed by atoms with Gasteiger partial charge >= 0.3 is 0 Å². The fourth-order valence-corrected chi connectivity index (χ4v) is 2.71. The number of hydrogen-bond donors (Lipinski definition) is 0. The molecule has 0 N–H and O–H groups in total. The van der Waals surface area contributed by atoms with Gasteiger partial charge in [-0.05, 0) is 17.7 Å². The molecule has 0 fully saturated rings. The van der Waals surface area contributed by atoms with E-state index in [1.165, 1.54) is 6.07 Å². The van der Waals surface area contributed by atoms with Crippen LogP contribution < -0.4 is 0 Å². The zero-order chi connectivity index (χ0) is 16.9. The molecular formula is C18H15N3O3. The van der Waals surface area contributed by atoms with E-state index in [1.807, 2.05) is 47.2 Å². The van der Waals surface area contributed by atoms with Crippen LogP contribution in [-0.4, -0.2) is 9.49 Å². The summed E-state index contributed by atoms with van der Waals surface area (Å²) in [5.41, 5.74) is 2.32. The molecule has 0 atom stereocenters. The van der Waals surface area contributed by atoms with Gasteiger partial charge in [-0.25, -0.2) is 0 Å². The molecule has 0 aliphatic carbocycles. The van der Waals surface area contributed by atoms with Gasteiger partial charge in [-0.2, -0.15) is 5.26 Å². The molecule has 120 valence electrons. The highest BCUT2D eigenvalue weighted by atomic mass is 16.6.